The van der Waals surface area contributed by atoms with Crippen LogP contribution in [0.1, 0.15) is 46.3 Å². The summed E-state index contributed by atoms with van der Waals surface area (Å²) in [6, 6.07) is 11.9. The Hall–Kier alpha value is -1.66. The summed E-state index contributed by atoms with van der Waals surface area (Å²) >= 11 is 4.93. The third kappa shape index (κ3) is 3.70. The fourth-order valence-electron chi connectivity index (χ4n) is 2.89. The zero-order valence-corrected chi connectivity index (χ0v) is 15.8. The van der Waals surface area contributed by atoms with E-state index in [0.29, 0.717) is 11.4 Å². The van der Waals surface area contributed by atoms with Gasteiger partial charge in [-0.25, -0.2) is 0 Å². The zero-order valence-electron chi connectivity index (χ0n) is 13.4. The normalized spacial score (nSPS) is 15.4. The van der Waals surface area contributed by atoms with E-state index in [-0.39, 0.29) is 17.4 Å². The highest BCUT2D eigenvalue weighted by atomic mass is 79.9. The minimum atomic E-state index is -0.261. The van der Waals surface area contributed by atoms with Gasteiger partial charge in [0.25, 0.3) is 5.91 Å². The number of amides is 2. The average Bonchev–Trinajstić information content (AvgIpc) is 2.97. The van der Waals surface area contributed by atoms with Gasteiger partial charge in [0.1, 0.15) is 0 Å². The Balaban J connectivity index is 1.72. The largest absolute Gasteiger partial charge is 0.351 e. The molecule has 0 atom stereocenters. The van der Waals surface area contributed by atoms with Crippen LogP contribution in [0.5, 0.6) is 0 Å². The van der Waals surface area contributed by atoms with Gasteiger partial charge in [0.2, 0.25) is 5.91 Å². The molecular weight excluding hydrogens is 388 g/mol. The lowest BCUT2D eigenvalue weighted by molar-refractivity contribution is -0.119. The Morgan fingerprint density at radius 3 is 2.67 bits per heavy atom. The van der Waals surface area contributed by atoms with E-state index >= 15 is 0 Å². The number of benzene rings is 1. The van der Waals surface area contributed by atoms with Gasteiger partial charge < -0.3 is 10.6 Å². The predicted octanol–water partition coefficient (Wildman–Crippen LogP) is 3.96. The Labute approximate surface area is 153 Å². The molecule has 0 saturated heterocycles. The first kappa shape index (κ1) is 17.2. The Bertz CT molecular complexity index is 768. The molecule has 1 aromatic carbocycles. The van der Waals surface area contributed by atoms with Crippen LogP contribution in [0, 0.1) is 0 Å². The van der Waals surface area contributed by atoms with Gasteiger partial charge in [-0.05, 0) is 49.1 Å². The monoisotopic (exact) mass is 406 g/mol. The number of carbonyl (C=O) groups excluding carboxylic acids is 2. The van der Waals surface area contributed by atoms with Crippen molar-refractivity contribution in [3.8, 4) is 0 Å². The molecule has 1 aliphatic carbocycles. The Kier molecular flexibility index (Phi) is 5.06. The smallest absolute Gasteiger partial charge is 0.262 e. The molecule has 0 aliphatic heterocycles. The lowest BCUT2D eigenvalue weighted by Gasteiger charge is -2.43. The molecule has 0 spiro atoms. The lowest BCUT2D eigenvalue weighted by atomic mass is 9.72. The highest BCUT2D eigenvalue weighted by Crippen LogP contribution is 2.42. The molecule has 1 heterocycles. The van der Waals surface area contributed by atoms with Crippen molar-refractivity contribution < 1.29 is 9.59 Å². The van der Waals surface area contributed by atoms with Crippen LogP contribution in [0.3, 0.4) is 0 Å². The standard InChI is InChI=1S/C18H19BrN2O2S/c1-12(22)20-11-15-6-7-16(24-15)17(23)21-18(8-3-9-18)13-4-2-5-14(19)10-13/h2,4-7,10H,3,8-9,11H2,1H3,(H,20,22)(H,21,23). The highest BCUT2D eigenvalue weighted by molar-refractivity contribution is 9.10. The summed E-state index contributed by atoms with van der Waals surface area (Å²) in [5, 5.41) is 5.98. The summed E-state index contributed by atoms with van der Waals surface area (Å²) in [5.74, 6) is -0.119. The van der Waals surface area contributed by atoms with E-state index in [4.69, 9.17) is 0 Å². The second-order valence-electron chi connectivity index (χ2n) is 6.08. The maximum absolute atomic E-state index is 12.7. The van der Waals surface area contributed by atoms with E-state index in [2.05, 4.69) is 38.7 Å². The number of carbonyl (C=O) groups is 2. The first-order valence-corrected chi connectivity index (χ1v) is 9.51. The van der Waals surface area contributed by atoms with Crippen molar-refractivity contribution in [1.29, 1.82) is 0 Å². The van der Waals surface area contributed by atoms with Crippen LogP contribution >= 0.6 is 27.3 Å². The van der Waals surface area contributed by atoms with Crippen molar-refractivity contribution in [1.82, 2.24) is 10.6 Å². The van der Waals surface area contributed by atoms with Crippen LogP contribution < -0.4 is 10.6 Å². The molecule has 0 radical (unpaired) electrons. The van der Waals surface area contributed by atoms with Gasteiger partial charge in [-0.2, -0.15) is 0 Å². The molecular formula is C18H19BrN2O2S. The van der Waals surface area contributed by atoms with Crippen LogP contribution in [-0.2, 0) is 16.9 Å². The highest BCUT2D eigenvalue weighted by Gasteiger charge is 2.40. The van der Waals surface area contributed by atoms with Crippen LogP contribution in [0.2, 0.25) is 0 Å². The number of rotatable bonds is 5. The molecule has 126 valence electrons. The fourth-order valence-corrected chi connectivity index (χ4v) is 4.13. The SMILES string of the molecule is CC(=O)NCc1ccc(C(=O)NC2(c3cccc(Br)c3)CCC2)s1. The van der Waals surface area contributed by atoms with Crippen LogP contribution in [0.4, 0.5) is 0 Å². The number of thiophene rings is 1. The molecule has 24 heavy (non-hydrogen) atoms. The van der Waals surface area contributed by atoms with Crippen molar-refractivity contribution in [3.05, 3.63) is 56.2 Å². The number of hydrogen-bond acceptors (Lipinski definition) is 3. The number of halogens is 1. The second kappa shape index (κ2) is 7.07. The first-order chi connectivity index (χ1) is 11.5. The second-order valence-corrected chi connectivity index (χ2v) is 8.16. The van der Waals surface area contributed by atoms with Crippen molar-refractivity contribution in [2.75, 3.05) is 0 Å². The summed E-state index contributed by atoms with van der Waals surface area (Å²) in [5.41, 5.74) is 0.884. The molecule has 1 aromatic heterocycles. The van der Waals surface area contributed by atoms with Crippen LogP contribution in [0.15, 0.2) is 40.9 Å². The molecule has 2 amide bonds. The van der Waals surface area contributed by atoms with Gasteiger partial charge in [0, 0.05) is 16.3 Å². The van der Waals surface area contributed by atoms with Crippen molar-refractivity contribution in [2.45, 2.75) is 38.3 Å². The molecule has 3 rings (SSSR count). The third-order valence-electron chi connectivity index (χ3n) is 4.33. The fraction of sp³-hybridized carbons (Fsp3) is 0.333. The maximum Gasteiger partial charge on any atom is 0.262 e. The van der Waals surface area contributed by atoms with E-state index in [9.17, 15) is 9.59 Å². The summed E-state index contributed by atoms with van der Waals surface area (Å²) in [7, 11) is 0. The Morgan fingerprint density at radius 1 is 1.25 bits per heavy atom. The van der Waals surface area contributed by atoms with E-state index in [1.807, 2.05) is 24.3 Å². The van der Waals surface area contributed by atoms with E-state index < -0.39 is 0 Å². The van der Waals surface area contributed by atoms with Gasteiger partial charge in [-0.3, -0.25) is 9.59 Å². The lowest BCUT2D eigenvalue weighted by Crippen LogP contribution is -2.50. The summed E-state index contributed by atoms with van der Waals surface area (Å²) in [6.45, 7) is 1.95. The summed E-state index contributed by atoms with van der Waals surface area (Å²) in [4.78, 5) is 25.3. The van der Waals surface area contributed by atoms with Crippen molar-refractivity contribution >= 4 is 39.1 Å². The maximum atomic E-state index is 12.7. The zero-order chi connectivity index (χ0) is 17.2. The first-order valence-electron chi connectivity index (χ1n) is 7.90. The molecule has 6 heteroatoms. The van der Waals surface area contributed by atoms with Crippen molar-refractivity contribution in [3.63, 3.8) is 0 Å². The van der Waals surface area contributed by atoms with E-state index in [0.717, 1.165) is 34.2 Å². The topological polar surface area (TPSA) is 58.2 Å². The van der Waals surface area contributed by atoms with Crippen molar-refractivity contribution in [2.24, 2.45) is 0 Å². The summed E-state index contributed by atoms with van der Waals surface area (Å²) < 4.78 is 1.02. The molecule has 1 fully saturated rings. The van der Waals surface area contributed by atoms with Crippen LogP contribution in [0.25, 0.3) is 0 Å². The number of hydrogen-bond donors (Lipinski definition) is 2. The molecule has 2 N–H and O–H groups in total. The van der Waals surface area contributed by atoms with Gasteiger partial charge in [0.15, 0.2) is 0 Å². The molecule has 1 saturated carbocycles. The predicted molar refractivity (Wildman–Crippen MR) is 99.0 cm³/mol. The van der Waals surface area contributed by atoms with Crippen LogP contribution in [-0.4, -0.2) is 11.8 Å². The molecule has 0 bridgehead atoms. The molecule has 2 aromatic rings. The molecule has 0 unspecified atom stereocenters. The minimum absolute atomic E-state index is 0.0475. The Morgan fingerprint density at radius 2 is 2.04 bits per heavy atom. The van der Waals surface area contributed by atoms with E-state index in [1.165, 1.54) is 18.3 Å². The van der Waals surface area contributed by atoms with Gasteiger partial charge in [-0.15, -0.1) is 11.3 Å². The third-order valence-corrected chi connectivity index (χ3v) is 5.91. The minimum Gasteiger partial charge on any atom is -0.351 e. The van der Waals surface area contributed by atoms with Gasteiger partial charge in [0.05, 0.1) is 17.0 Å². The molecule has 1 aliphatic rings. The summed E-state index contributed by atoms with van der Waals surface area (Å²) in [6.07, 6.45) is 3.03. The van der Waals surface area contributed by atoms with Gasteiger partial charge in [-0.1, -0.05) is 28.1 Å². The van der Waals surface area contributed by atoms with Gasteiger partial charge >= 0.3 is 0 Å². The number of nitrogens with one attached hydrogen (secondary N) is 2. The quantitative estimate of drug-likeness (QED) is 0.789. The molecule has 4 nitrogen and oxygen atoms in total. The van der Waals surface area contributed by atoms with E-state index in [1.54, 1.807) is 0 Å². The average molecular weight is 407 g/mol.